The smallest absolute Gasteiger partial charge is 0.272 e. The topological polar surface area (TPSA) is 72.4 Å². The van der Waals surface area contributed by atoms with E-state index >= 15 is 0 Å². The Balaban J connectivity index is 1.43. The van der Waals surface area contributed by atoms with Crippen molar-refractivity contribution < 1.29 is 9.34 Å². The van der Waals surface area contributed by atoms with Crippen molar-refractivity contribution in [2.24, 2.45) is 0 Å². The molecule has 0 N–H and O–H groups in total. The van der Waals surface area contributed by atoms with Gasteiger partial charge in [-0.15, -0.1) is 0 Å². The van der Waals surface area contributed by atoms with E-state index < -0.39 is 0 Å². The average molecular weight is 386 g/mol. The largest absolute Gasteiger partial charge is 0.440 e. The Hall–Kier alpha value is -2.44. The summed E-state index contributed by atoms with van der Waals surface area (Å²) in [4.78, 5) is 17.8. The number of rotatable bonds is 4. The molecule has 0 unspecified atom stereocenters. The Morgan fingerprint density at radius 2 is 2.07 bits per heavy atom. The van der Waals surface area contributed by atoms with Crippen LogP contribution >= 0.6 is 11.6 Å². The molecule has 4 rings (SSSR count). The Morgan fingerprint density at radius 3 is 2.81 bits per heavy atom. The lowest BCUT2D eigenvalue weighted by Gasteiger charge is -2.30. The molecule has 1 saturated heterocycles. The molecule has 2 heterocycles. The predicted molar refractivity (Wildman–Crippen MR) is 104 cm³/mol. The third-order valence-electron chi connectivity index (χ3n) is 5.31. The number of benzene rings is 2. The summed E-state index contributed by atoms with van der Waals surface area (Å²) in [6.07, 6.45) is 1.91. The van der Waals surface area contributed by atoms with Gasteiger partial charge in [-0.3, -0.25) is 15.0 Å². The number of fused-ring (bicyclic) bond motifs is 1. The first-order valence-electron chi connectivity index (χ1n) is 9.02. The number of oxazole rings is 1. The van der Waals surface area contributed by atoms with Gasteiger partial charge in [0.25, 0.3) is 5.69 Å². The van der Waals surface area contributed by atoms with Crippen LogP contribution < -0.4 is 0 Å². The Kier molecular flexibility index (Phi) is 4.85. The van der Waals surface area contributed by atoms with Gasteiger partial charge in [0.15, 0.2) is 11.5 Å². The predicted octanol–water partition coefficient (Wildman–Crippen LogP) is 5.08. The molecule has 0 saturated carbocycles. The lowest BCUT2D eigenvalue weighted by molar-refractivity contribution is -0.385. The number of piperidine rings is 1. The van der Waals surface area contributed by atoms with E-state index in [1.165, 1.54) is 0 Å². The maximum atomic E-state index is 11.1. The fraction of sp³-hybridized carbons (Fsp3) is 0.350. The highest BCUT2D eigenvalue weighted by molar-refractivity contribution is 6.31. The monoisotopic (exact) mass is 385 g/mol. The number of nitrogens with zero attached hydrogens (tertiary/aromatic N) is 3. The molecule has 1 fully saturated rings. The molecule has 3 aromatic rings. The molecule has 0 aliphatic carbocycles. The first kappa shape index (κ1) is 17.9. The van der Waals surface area contributed by atoms with Crippen LogP contribution in [0, 0.1) is 17.0 Å². The maximum Gasteiger partial charge on any atom is 0.272 e. The zero-order valence-corrected chi connectivity index (χ0v) is 15.8. The van der Waals surface area contributed by atoms with Gasteiger partial charge in [-0.1, -0.05) is 23.7 Å². The van der Waals surface area contributed by atoms with E-state index in [-0.39, 0.29) is 10.6 Å². The quantitative estimate of drug-likeness (QED) is 0.462. The minimum absolute atomic E-state index is 0.188. The molecule has 0 radical (unpaired) electrons. The molecule has 7 heteroatoms. The van der Waals surface area contributed by atoms with E-state index in [0.717, 1.165) is 60.6 Å². The molecule has 2 aromatic carbocycles. The number of nitro benzene ring substituents is 1. The molecule has 27 heavy (non-hydrogen) atoms. The van der Waals surface area contributed by atoms with Gasteiger partial charge in [-0.2, -0.15) is 0 Å². The van der Waals surface area contributed by atoms with Crippen LogP contribution in [-0.4, -0.2) is 27.9 Å². The molecule has 6 nitrogen and oxygen atoms in total. The van der Waals surface area contributed by atoms with Crippen LogP contribution in [-0.2, 0) is 6.54 Å². The molecule has 0 spiro atoms. The molecular formula is C20H20ClN3O3. The average Bonchev–Trinajstić information content (AvgIpc) is 3.07. The molecule has 1 aromatic heterocycles. The number of halogens is 1. The van der Waals surface area contributed by atoms with Crippen LogP contribution in [0.25, 0.3) is 11.1 Å². The highest BCUT2D eigenvalue weighted by atomic mass is 35.5. The summed E-state index contributed by atoms with van der Waals surface area (Å²) in [6, 6.07) is 10.8. The molecule has 1 aliphatic heterocycles. The third-order valence-corrected chi connectivity index (χ3v) is 5.55. The van der Waals surface area contributed by atoms with Crippen molar-refractivity contribution in [1.82, 2.24) is 9.88 Å². The Bertz CT molecular complexity index is 993. The summed E-state index contributed by atoms with van der Waals surface area (Å²) >= 11 is 6.02. The van der Waals surface area contributed by atoms with Crippen LogP contribution in [0.2, 0.25) is 5.02 Å². The third kappa shape index (κ3) is 3.68. The summed E-state index contributed by atoms with van der Waals surface area (Å²) in [5.74, 6) is 1.07. The number of aromatic nitrogens is 1. The second-order valence-electron chi connectivity index (χ2n) is 7.03. The van der Waals surface area contributed by atoms with E-state index in [2.05, 4.69) is 9.88 Å². The molecule has 0 atom stereocenters. The molecule has 0 amide bonds. The van der Waals surface area contributed by atoms with E-state index in [1.54, 1.807) is 12.1 Å². The van der Waals surface area contributed by atoms with Gasteiger partial charge in [-0.25, -0.2) is 4.98 Å². The standard InChI is InChI=1S/C20H20ClN3O3/c1-13-15(3-2-4-18(13)24(25)26)12-23-9-7-14(8-10-23)20-22-17-11-16(21)5-6-19(17)27-20/h2-6,11,14H,7-10,12H2,1H3. The number of hydrogen-bond donors (Lipinski definition) is 0. The van der Waals surface area contributed by atoms with Gasteiger partial charge in [0.1, 0.15) is 5.52 Å². The highest BCUT2D eigenvalue weighted by Crippen LogP contribution is 2.32. The van der Waals surface area contributed by atoms with Crippen molar-refractivity contribution in [3.05, 3.63) is 68.6 Å². The second kappa shape index (κ2) is 7.29. The van der Waals surface area contributed by atoms with Gasteiger partial charge in [-0.05, 0) is 56.6 Å². The van der Waals surface area contributed by atoms with Gasteiger partial charge in [0.05, 0.1) is 4.92 Å². The Labute approximate surface area is 161 Å². The van der Waals surface area contributed by atoms with Gasteiger partial charge in [0, 0.05) is 29.1 Å². The van der Waals surface area contributed by atoms with Crippen LogP contribution in [0.1, 0.15) is 35.8 Å². The molecule has 1 aliphatic rings. The molecule has 0 bridgehead atoms. The fourth-order valence-corrected chi connectivity index (χ4v) is 3.88. The number of nitro groups is 1. The number of hydrogen-bond acceptors (Lipinski definition) is 5. The normalized spacial score (nSPS) is 16.1. The minimum atomic E-state index is -0.315. The van der Waals surface area contributed by atoms with Gasteiger partial charge in [0.2, 0.25) is 0 Å². The summed E-state index contributed by atoms with van der Waals surface area (Å²) < 4.78 is 5.91. The minimum Gasteiger partial charge on any atom is -0.440 e. The van der Waals surface area contributed by atoms with Crippen molar-refractivity contribution >= 4 is 28.4 Å². The molecular weight excluding hydrogens is 366 g/mol. The zero-order valence-electron chi connectivity index (χ0n) is 15.0. The van der Waals surface area contributed by atoms with Crippen LogP contribution in [0.3, 0.4) is 0 Å². The zero-order chi connectivity index (χ0) is 19.0. The van der Waals surface area contributed by atoms with Crippen molar-refractivity contribution in [1.29, 1.82) is 0 Å². The Morgan fingerprint density at radius 1 is 1.30 bits per heavy atom. The van der Waals surface area contributed by atoms with Gasteiger partial charge >= 0.3 is 0 Å². The van der Waals surface area contributed by atoms with Crippen molar-refractivity contribution in [2.45, 2.75) is 32.2 Å². The lowest BCUT2D eigenvalue weighted by atomic mass is 9.96. The second-order valence-corrected chi connectivity index (χ2v) is 7.47. The maximum absolute atomic E-state index is 11.1. The van der Waals surface area contributed by atoms with Crippen molar-refractivity contribution in [2.75, 3.05) is 13.1 Å². The molecule has 140 valence electrons. The summed E-state index contributed by atoms with van der Waals surface area (Å²) in [7, 11) is 0. The van der Waals surface area contributed by atoms with Crippen LogP contribution in [0.15, 0.2) is 40.8 Å². The lowest BCUT2D eigenvalue weighted by Crippen LogP contribution is -2.32. The van der Waals surface area contributed by atoms with Crippen LogP contribution in [0.4, 0.5) is 5.69 Å². The van der Waals surface area contributed by atoms with Crippen LogP contribution in [0.5, 0.6) is 0 Å². The SMILES string of the molecule is Cc1c(CN2CCC(c3nc4cc(Cl)ccc4o3)CC2)cccc1[N+](=O)[O-]. The summed E-state index contributed by atoms with van der Waals surface area (Å²) in [5.41, 5.74) is 3.52. The first-order chi connectivity index (χ1) is 13.0. The van der Waals surface area contributed by atoms with Crippen molar-refractivity contribution in [3.8, 4) is 0 Å². The van der Waals surface area contributed by atoms with Gasteiger partial charge < -0.3 is 4.42 Å². The highest BCUT2D eigenvalue weighted by Gasteiger charge is 2.25. The van der Waals surface area contributed by atoms with E-state index in [4.69, 9.17) is 16.0 Å². The number of likely N-dealkylation sites (tertiary alicyclic amines) is 1. The fourth-order valence-electron chi connectivity index (χ4n) is 3.71. The summed E-state index contributed by atoms with van der Waals surface area (Å²) in [6.45, 7) is 4.37. The van der Waals surface area contributed by atoms with E-state index in [9.17, 15) is 10.1 Å². The summed E-state index contributed by atoms with van der Waals surface area (Å²) in [5, 5.41) is 11.8. The first-order valence-corrected chi connectivity index (χ1v) is 9.40. The van der Waals surface area contributed by atoms with E-state index in [1.807, 2.05) is 31.2 Å². The van der Waals surface area contributed by atoms with E-state index in [0.29, 0.717) is 10.9 Å². The van der Waals surface area contributed by atoms with Crippen molar-refractivity contribution in [3.63, 3.8) is 0 Å².